The van der Waals surface area contributed by atoms with Gasteiger partial charge in [0.1, 0.15) is 0 Å². The summed E-state index contributed by atoms with van der Waals surface area (Å²) in [4.78, 5) is 25.8. The topological polar surface area (TPSA) is 37.4 Å². The molecule has 0 bridgehead atoms. The van der Waals surface area contributed by atoms with Gasteiger partial charge in [-0.05, 0) is 23.3 Å². The van der Waals surface area contributed by atoms with Crippen LogP contribution >= 0.6 is 0 Å². The molecule has 0 spiro atoms. The third kappa shape index (κ3) is 2.27. The molecular weight excluding hydrogens is 362 g/mol. The van der Waals surface area contributed by atoms with Crippen LogP contribution in [0.3, 0.4) is 0 Å². The van der Waals surface area contributed by atoms with Crippen molar-refractivity contribution in [3.8, 4) is 0 Å². The van der Waals surface area contributed by atoms with Crippen LogP contribution in [0.4, 0.5) is 17.6 Å². The molecule has 1 heterocycles. The molecule has 136 valence electrons. The van der Waals surface area contributed by atoms with Crippen molar-refractivity contribution in [2.24, 2.45) is 0 Å². The van der Waals surface area contributed by atoms with Gasteiger partial charge in [0.15, 0.2) is 23.3 Å². The number of hydrogen-bond acceptors (Lipinski definition) is 2. The average Bonchev–Trinajstić information content (AvgIpc) is 2.94. The van der Waals surface area contributed by atoms with Gasteiger partial charge in [-0.3, -0.25) is 14.5 Å². The standard InChI is InChI=1S/C20H11F4NO2/c1-9(11-8-4-6-10-5-2-3-7-12(10)11)25-19(26)13-14(20(25)27)16(22)18(24)17(23)15(13)21/h2-9H,1H3/t9-/m0/s1. The molecule has 0 N–H and O–H groups in total. The molecule has 3 aromatic rings. The number of imide groups is 1. The quantitative estimate of drug-likeness (QED) is 0.281. The van der Waals surface area contributed by atoms with Crippen LogP contribution in [-0.2, 0) is 0 Å². The van der Waals surface area contributed by atoms with Gasteiger partial charge in [0.2, 0.25) is 0 Å². The van der Waals surface area contributed by atoms with Gasteiger partial charge in [-0.25, -0.2) is 17.6 Å². The Labute approximate surface area is 150 Å². The highest BCUT2D eigenvalue weighted by Crippen LogP contribution is 2.37. The van der Waals surface area contributed by atoms with E-state index in [9.17, 15) is 27.2 Å². The van der Waals surface area contributed by atoms with Crippen molar-refractivity contribution in [2.75, 3.05) is 0 Å². The van der Waals surface area contributed by atoms with E-state index in [4.69, 9.17) is 0 Å². The molecule has 4 rings (SSSR count). The molecule has 0 fully saturated rings. The van der Waals surface area contributed by atoms with Crippen molar-refractivity contribution in [3.63, 3.8) is 0 Å². The highest BCUT2D eigenvalue weighted by Gasteiger charge is 2.46. The van der Waals surface area contributed by atoms with Gasteiger partial charge in [0.05, 0.1) is 17.2 Å². The number of hydrogen-bond donors (Lipinski definition) is 0. The molecule has 2 amide bonds. The molecule has 0 aromatic heterocycles. The lowest BCUT2D eigenvalue weighted by atomic mass is 9.99. The van der Waals surface area contributed by atoms with Crippen LogP contribution < -0.4 is 0 Å². The molecular formula is C20H11F4NO2. The first kappa shape index (κ1) is 17.2. The Kier molecular flexibility index (Phi) is 3.76. The van der Waals surface area contributed by atoms with Gasteiger partial charge in [0.25, 0.3) is 11.8 Å². The number of fused-ring (bicyclic) bond motifs is 2. The first-order valence-electron chi connectivity index (χ1n) is 8.06. The van der Waals surface area contributed by atoms with E-state index in [-0.39, 0.29) is 0 Å². The molecule has 0 aliphatic carbocycles. The Balaban J connectivity index is 1.88. The maximum Gasteiger partial charge on any atom is 0.265 e. The number of halogens is 4. The van der Waals surface area contributed by atoms with Crippen LogP contribution in [0.1, 0.15) is 39.2 Å². The number of rotatable bonds is 2. The van der Waals surface area contributed by atoms with E-state index in [0.29, 0.717) is 10.5 Å². The molecule has 0 unspecified atom stereocenters. The summed E-state index contributed by atoms with van der Waals surface area (Å²) in [7, 11) is 0. The van der Waals surface area contributed by atoms with Crippen LogP contribution in [0.5, 0.6) is 0 Å². The lowest BCUT2D eigenvalue weighted by Gasteiger charge is -2.24. The van der Waals surface area contributed by atoms with E-state index in [2.05, 4.69) is 0 Å². The molecule has 1 aliphatic heterocycles. The highest BCUT2D eigenvalue weighted by molar-refractivity contribution is 6.22. The van der Waals surface area contributed by atoms with Crippen molar-refractivity contribution in [1.82, 2.24) is 4.90 Å². The van der Waals surface area contributed by atoms with Crippen LogP contribution in [0.25, 0.3) is 10.8 Å². The summed E-state index contributed by atoms with van der Waals surface area (Å²) in [6.07, 6.45) is 0. The molecule has 7 heteroatoms. The second-order valence-corrected chi connectivity index (χ2v) is 6.23. The number of amides is 2. The summed E-state index contributed by atoms with van der Waals surface area (Å²) in [6, 6.07) is 11.5. The lowest BCUT2D eigenvalue weighted by molar-refractivity contribution is 0.0593. The highest BCUT2D eigenvalue weighted by atomic mass is 19.2. The number of carbonyl (C=O) groups is 2. The van der Waals surface area contributed by atoms with Crippen LogP contribution in [0.15, 0.2) is 42.5 Å². The van der Waals surface area contributed by atoms with E-state index in [1.807, 2.05) is 18.2 Å². The van der Waals surface area contributed by atoms with Gasteiger partial charge < -0.3 is 0 Å². The predicted molar refractivity (Wildman–Crippen MR) is 89.1 cm³/mol. The summed E-state index contributed by atoms with van der Waals surface area (Å²) >= 11 is 0. The minimum atomic E-state index is -2.12. The zero-order chi connectivity index (χ0) is 19.5. The fraction of sp³-hybridized carbons (Fsp3) is 0.100. The minimum Gasteiger partial charge on any atom is -0.268 e. The van der Waals surface area contributed by atoms with Gasteiger partial charge in [0, 0.05) is 0 Å². The normalized spacial score (nSPS) is 14.8. The second-order valence-electron chi connectivity index (χ2n) is 6.23. The maximum absolute atomic E-state index is 14.1. The smallest absolute Gasteiger partial charge is 0.265 e. The van der Waals surface area contributed by atoms with E-state index in [1.165, 1.54) is 6.92 Å². The van der Waals surface area contributed by atoms with Crippen molar-refractivity contribution in [3.05, 3.63) is 82.4 Å². The first-order chi connectivity index (χ1) is 12.8. The van der Waals surface area contributed by atoms with Crippen molar-refractivity contribution in [1.29, 1.82) is 0 Å². The Morgan fingerprint density at radius 1 is 0.741 bits per heavy atom. The average molecular weight is 373 g/mol. The molecule has 1 atom stereocenters. The van der Waals surface area contributed by atoms with Crippen molar-refractivity contribution in [2.45, 2.75) is 13.0 Å². The molecule has 0 saturated carbocycles. The summed E-state index contributed by atoms with van der Waals surface area (Å²) in [5, 5.41) is 1.58. The van der Waals surface area contributed by atoms with E-state index < -0.39 is 52.3 Å². The van der Waals surface area contributed by atoms with Gasteiger partial charge in [-0.1, -0.05) is 42.5 Å². The molecule has 27 heavy (non-hydrogen) atoms. The SMILES string of the molecule is C[C@@H](c1cccc2ccccc12)N1C(=O)c2c(F)c(F)c(F)c(F)c2C1=O. The van der Waals surface area contributed by atoms with Crippen LogP contribution in [-0.4, -0.2) is 16.7 Å². The zero-order valence-electron chi connectivity index (χ0n) is 13.9. The van der Waals surface area contributed by atoms with Crippen molar-refractivity contribution < 1.29 is 27.2 Å². The number of benzene rings is 3. The predicted octanol–water partition coefficient (Wildman–Crippen LogP) is 4.75. The lowest BCUT2D eigenvalue weighted by Crippen LogP contribution is -2.33. The Hall–Kier alpha value is -3.22. The summed E-state index contributed by atoms with van der Waals surface area (Å²) in [5.74, 6) is -10.4. The largest absolute Gasteiger partial charge is 0.268 e. The Bertz CT molecular complexity index is 1090. The maximum atomic E-state index is 14.1. The third-order valence-electron chi connectivity index (χ3n) is 4.79. The van der Waals surface area contributed by atoms with Gasteiger partial charge in [-0.15, -0.1) is 0 Å². The monoisotopic (exact) mass is 373 g/mol. The van der Waals surface area contributed by atoms with E-state index >= 15 is 0 Å². The molecule has 3 nitrogen and oxygen atoms in total. The molecule has 0 radical (unpaired) electrons. The fourth-order valence-electron chi connectivity index (χ4n) is 3.47. The summed E-state index contributed by atoms with van der Waals surface area (Å²) in [5.41, 5.74) is -1.60. The second kappa shape index (κ2) is 5.90. The van der Waals surface area contributed by atoms with Crippen molar-refractivity contribution >= 4 is 22.6 Å². The molecule has 1 aliphatic rings. The number of nitrogens with zero attached hydrogens (tertiary/aromatic N) is 1. The zero-order valence-corrected chi connectivity index (χ0v) is 13.9. The molecule has 3 aromatic carbocycles. The summed E-state index contributed by atoms with van der Waals surface area (Å²) < 4.78 is 55.2. The summed E-state index contributed by atoms with van der Waals surface area (Å²) in [6.45, 7) is 1.51. The number of carbonyl (C=O) groups excluding carboxylic acids is 2. The fourth-order valence-corrected chi connectivity index (χ4v) is 3.47. The van der Waals surface area contributed by atoms with Gasteiger partial charge in [-0.2, -0.15) is 0 Å². The van der Waals surface area contributed by atoms with Crippen LogP contribution in [0, 0.1) is 23.3 Å². The van der Waals surface area contributed by atoms with Crippen LogP contribution in [0.2, 0.25) is 0 Å². The Morgan fingerprint density at radius 3 is 1.85 bits per heavy atom. The van der Waals surface area contributed by atoms with E-state index in [1.54, 1.807) is 24.3 Å². The van der Waals surface area contributed by atoms with Gasteiger partial charge >= 0.3 is 0 Å². The molecule has 0 saturated heterocycles. The minimum absolute atomic E-state index is 0.560. The Morgan fingerprint density at radius 2 is 1.26 bits per heavy atom. The van der Waals surface area contributed by atoms with E-state index in [0.717, 1.165) is 10.8 Å². The first-order valence-corrected chi connectivity index (χ1v) is 8.06. The third-order valence-corrected chi connectivity index (χ3v) is 4.79.